The van der Waals surface area contributed by atoms with E-state index in [1.807, 2.05) is 12.1 Å². The molecule has 1 aromatic carbocycles. The number of nitriles is 1. The van der Waals surface area contributed by atoms with Gasteiger partial charge in [-0.25, -0.2) is 0 Å². The molecule has 0 heterocycles. The van der Waals surface area contributed by atoms with E-state index in [0.717, 1.165) is 5.56 Å². The van der Waals surface area contributed by atoms with Gasteiger partial charge in [0.05, 0.1) is 11.6 Å². The number of hydrogen-bond acceptors (Lipinski definition) is 2. The minimum Gasteiger partial charge on any atom is -0.307 e. The summed E-state index contributed by atoms with van der Waals surface area (Å²) < 4.78 is 0. The van der Waals surface area contributed by atoms with Gasteiger partial charge in [-0.3, -0.25) is 0 Å². The Hall–Kier alpha value is -1.33. The van der Waals surface area contributed by atoms with Gasteiger partial charge in [0.25, 0.3) is 0 Å². The van der Waals surface area contributed by atoms with Gasteiger partial charge >= 0.3 is 0 Å². The van der Waals surface area contributed by atoms with Crippen LogP contribution in [0.15, 0.2) is 24.3 Å². The summed E-state index contributed by atoms with van der Waals surface area (Å²) in [6, 6.07) is 11.0. The van der Waals surface area contributed by atoms with Crippen molar-refractivity contribution in [3.63, 3.8) is 0 Å². The molecule has 1 N–H and O–H groups in total. The first kappa shape index (κ1) is 13.1. The van der Waals surface area contributed by atoms with Crippen LogP contribution in [0.25, 0.3) is 0 Å². The van der Waals surface area contributed by atoms with Gasteiger partial charge in [0.2, 0.25) is 0 Å². The second kappa shape index (κ2) is 5.12. The smallest absolute Gasteiger partial charge is 0.0991 e. The molecule has 2 heteroatoms. The van der Waals surface area contributed by atoms with Crippen LogP contribution in [0.1, 0.15) is 57.2 Å². The molecule has 0 aromatic heterocycles. The molecule has 1 aliphatic carbocycles. The molecule has 0 spiro atoms. The molecule has 1 aliphatic rings. The highest BCUT2D eigenvalue weighted by Gasteiger charge is 2.31. The van der Waals surface area contributed by atoms with Gasteiger partial charge in [0, 0.05) is 12.1 Å². The van der Waals surface area contributed by atoms with Crippen LogP contribution in [0.4, 0.5) is 0 Å². The maximum Gasteiger partial charge on any atom is 0.0991 e. The van der Waals surface area contributed by atoms with Gasteiger partial charge < -0.3 is 5.32 Å². The van der Waals surface area contributed by atoms with Crippen LogP contribution in [-0.2, 0) is 0 Å². The van der Waals surface area contributed by atoms with E-state index in [-0.39, 0.29) is 0 Å². The average Bonchev–Trinajstić information content (AvgIpc) is 2.68. The lowest BCUT2D eigenvalue weighted by Crippen LogP contribution is -2.30. The first-order chi connectivity index (χ1) is 8.50. The lowest BCUT2D eigenvalue weighted by Gasteiger charge is -2.22. The topological polar surface area (TPSA) is 35.8 Å². The summed E-state index contributed by atoms with van der Waals surface area (Å²) in [4.78, 5) is 0. The summed E-state index contributed by atoms with van der Waals surface area (Å²) in [5.74, 6) is 0. The monoisotopic (exact) mass is 242 g/mol. The standard InChI is InChI=1S/C16H22N2/c1-12(14-6-4-13(11-17)5-7-14)18-15-8-9-16(2,3)10-15/h4-7,12,15,18H,8-10H2,1-3H3. The van der Waals surface area contributed by atoms with Gasteiger partial charge in [-0.1, -0.05) is 26.0 Å². The van der Waals surface area contributed by atoms with Gasteiger partial charge in [0.15, 0.2) is 0 Å². The fourth-order valence-corrected chi connectivity index (χ4v) is 2.87. The molecular weight excluding hydrogens is 220 g/mol. The summed E-state index contributed by atoms with van der Waals surface area (Å²) in [5, 5.41) is 12.5. The minimum absolute atomic E-state index is 0.358. The van der Waals surface area contributed by atoms with E-state index in [0.29, 0.717) is 17.5 Å². The van der Waals surface area contributed by atoms with Gasteiger partial charge in [-0.05, 0) is 49.3 Å². The Kier molecular flexibility index (Phi) is 3.73. The Bertz CT molecular complexity index is 439. The first-order valence-corrected chi connectivity index (χ1v) is 6.76. The Morgan fingerprint density at radius 2 is 2.00 bits per heavy atom. The quantitative estimate of drug-likeness (QED) is 0.875. The average molecular weight is 242 g/mol. The van der Waals surface area contributed by atoms with Crippen molar-refractivity contribution >= 4 is 0 Å². The molecular formula is C16H22N2. The van der Waals surface area contributed by atoms with Crippen LogP contribution >= 0.6 is 0 Å². The normalized spacial score (nSPS) is 23.6. The van der Waals surface area contributed by atoms with Crippen LogP contribution in [0.5, 0.6) is 0 Å². The van der Waals surface area contributed by atoms with E-state index in [2.05, 4.69) is 44.3 Å². The fourth-order valence-electron chi connectivity index (χ4n) is 2.87. The highest BCUT2D eigenvalue weighted by molar-refractivity contribution is 5.32. The molecule has 96 valence electrons. The van der Waals surface area contributed by atoms with Crippen molar-refractivity contribution in [2.75, 3.05) is 0 Å². The van der Waals surface area contributed by atoms with E-state index < -0.39 is 0 Å². The predicted octanol–water partition coefficient (Wildman–Crippen LogP) is 3.79. The van der Waals surface area contributed by atoms with Gasteiger partial charge in [0.1, 0.15) is 0 Å². The van der Waals surface area contributed by atoms with E-state index in [1.54, 1.807) is 0 Å². The zero-order chi connectivity index (χ0) is 13.2. The zero-order valence-corrected chi connectivity index (χ0v) is 11.5. The molecule has 2 nitrogen and oxygen atoms in total. The number of nitrogens with one attached hydrogen (secondary N) is 1. The maximum atomic E-state index is 8.79. The molecule has 0 aliphatic heterocycles. The Morgan fingerprint density at radius 3 is 2.50 bits per heavy atom. The molecule has 1 aromatic rings. The van der Waals surface area contributed by atoms with Crippen LogP contribution in [0.3, 0.4) is 0 Å². The van der Waals surface area contributed by atoms with Crippen LogP contribution < -0.4 is 5.32 Å². The van der Waals surface area contributed by atoms with Gasteiger partial charge in [-0.15, -0.1) is 0 Å². The lowest BCUT2D eigenvalue weighted by atomic mass is 9.91. The van der Waals surface area contributed by atoms with Crippen LogP contribution in [0.2, 0.25) is 0 Å². The summed E-state index contributed by atoms with van der Waals surface area (Å²) in [5.41, 5.74) is 2.48. The molecule has 0 bridgehead atoms. The second-order valence-electron chi connectivity index (χ2n) is 6.23. The SMILES string of the molecule is CC(NC1CCC(C)(C)C1)c1ccc(C#N)cc1. The van der Waals surface area contributed by atoms with E-state index in [1.165, 1.54) is 24.8 Å². The van der Waals surface area contributed by atoms with E-state index >= 15 is 0 Å². The molecule has 1 fully saturated rings. The Morgan fingerprint density at radius 1 is 1.33 bits per heavy atom. The predicted molar refractivity (Wildman–Crippen MR) is 74.1 cm³/mol. The third kappa shape index (κ3) is 3.11. The molecule has 2 unspecified atom stereocenters. The molecule has 0 radical (unpaired) electrons. The molecule has 2 rings (SSSR count). The number of nitrogens with zero attached hydrogens (tertiary/aromatic N) is 1. The summed E-state index contributed by atoms with van der Waals surface area (Å²) >= 11 is 0. The zero-order valence-electron chi connectivity index (χ0n) is 11.5. The number of benzene rings is 1. The first-order valence-electron chi connectivity index (χ1n) is 6.76. The molecule has 18 heavy (non-hydrogen) atoms. The summed E-state index contributed by atoms with van der Waals surface area (Å²) in [6.45, 7) is 6.90. The highest BCUT2D eigenvalue weighted by atomic mass is 15.0. The third-order valence-electron chi connectivity index (χ3n) is 3.99. The van der Waals surface area contributed by atoms with Crippen molar-refractivity contribution in [3.05, 3.63) is 35.4 Å². The highest BCUT2D eigenvalue weighted by Crippen LogP contribution is 2.37. The Balaban J connectivity index is 1.95. The second-order valence-corrected chi connectivity index (χ2v) is 6.23. The van der Waals surface area contributed by atoms with Crippen LogP contribution in [0, 0.1) is 16.7 Å². The lowest BCUT2D eigenvalue weighted by molar-refractivity contribution is 0.356. The minimum atomic E-state index is 0.358. The fraction of sp³-hybridized carbons (Fsp3) is 0.562. The summed E-state index contributed by atoms with van der Waals surface area (Å²) in [6.07, 6.45) is 3.84. The van der Waals surface area contributed by atoms with Gasteiger partial charge in [-0.2, -0.15) is 5.26 Å². The number of rotatable bonds is 3. The van der Waals surface area contributed by atoms with E-state index in [9.17, 15) is 0 Å². The van der Waals surface area contributed by atoms with Crippen molar-refractivity contribution in [3.8, 4) is 6.07 Å². The molecule has 1 saturated carbocycles. The van der Waals surface area contributed by atoms with Crippen molar-refractivity contribution in [1.29, 1.82) is 5.26 Å². The van der Waals surface area contributed by atoms with E-state index in [4.69, 9.17) is 5.26 Å². The van der Waals surface area contributed by atoms with Crippen molar-refractivity contribution < 1.29 is 0 Å². The maximum absolute atomic E-state index is 8.79. The molecule has 0 amide bonds. The van der Waals surface area contributed by atoms with Crippen LogP contribution in [-0.4, -0.2) is 6.04 Å². The van der Waals surface area contributed by atoms with Crippen molar-refractivity contribution in [1.82, 2.24) is 5.32 Å². The summed E-state index contributed by atoms with van der Waals surface area (Å²) in [7, 11) is 0. The third-order valence-corrected chi connectivity index (χ3v) is 3.99. The largest absolute Gasteiger partial charge is 0.307 e. The molecule has 0 saturated heterocycles. The number of hydrogen-bond donors (Lipinski definition) is 1. The molecule has 2 atom stereocenters. The Labute approximate surface area is 110 Å². The van der Waals surface area contributed by atoms with Crippen molar-refractivity contribution in [2.45, 2.75) is 52.1 Å². The van der Waals surface area contributed by atoms with Crippen molar-refractivity contribution in [2.24, 2.45) is 5.41 Å².